The Morgan fingerprint density at radius 2 is 2.22 bits per heavy atom. The van der Waals surface area contributed by atoms with E-state index in [4.69, 9.17) is 10.5 Å². The number of nitrogen functional groups attached to an aromatic ring is 1. The molecule has 3 aliphatic rings. The first-order valence-electron chi connectivity index (χ1n) is 9.80. The van der Waals surface area contributed by atoms with Gasteiger partial charge in [-0.2, -0.15) is 0 Å². The maximum atomic E-state index is 12.4. The van der Waals surface area contributed by atoms with Crippen molar-refractivity contribution in [2.45, 2.75) is 32.8 Å². The zero-order valence-electron chi connectivity index (χ0n) is 15.9. The molecule has 3 heterocycles. The van der Waals surface area contributed by atoms with Crippen LogP contribution in [0.1, 0.15) is 32.4 Å². The highest BCUT2D eigenvalue weighted by Gasteiger charge is 2.54. The second-order valence-electron chi connectivity index (χ2n) is 8.19. The number of hydrogen-bond acceptors (Lipinski definition) is 5. The number of piperidine rings is 1. The molecule has 6 nitrogen and oxygen atoms in total. The quantitative estimate of drug-likeness (QED) is 0.809. The van der Waals surface area contributed by atoms with Crippen molar-refractivity contribution >= 4 is 23.6 Å². The van der Waals surface area contributed by atoms with Crippen molar-refractivity contribution < 1.29 is 14.3 Å². The van der Waals surface area contributed by atoms with Crippen molar-refractivity contribution in [3.05, 3.63) is 30.1 Å². The largest absolute Gasteiger partial charge is 0.462 e. The zero-order chi connectivity index (χ0) is 19.1. The molecule has 1 aliphatic carbocycles. The lowest BCUT2D eigenvalue weighted by Gasteiger charge is -2.48. The molecule has 0 spiro atoms. The van der Waals surface area contributed by atoms with Crippen LogP contribution >= 0.6 is 0 Å². The Labute approximate surface area is 159 Å². The number of hydrogen-bond donors (Lipinski definition) is 1. The molecule has 1 aromatic rings. The molecule has 0 unspecified atom stereocenters. The third kappa shape index (κ3) is 3.33. The highest BCUT2D eigenvalue weighted by molar-refractivity contribution is 5.76. The average Bonchev–Trinajstić information content (AvgIpc) is 2.93. The SMILES string of the molecule is CC(=O)N1CC[C@@H]2[C@H](C[C@H]3C(=O)O[C@H](C)[C@H]3[C@H]2/C=C/c2ccc(N)cn2)C1. The number of esters is 1. The van der Waals surface area contributed by atoms with Crippen LogP contribution in [0.15, 0.2) is 24.4 Å². The number of allylic oxidation sites excluding steroid dienone is 1. The molecule has 0 aromatic carbocycles. The number of anilines is 1. The van der Waals surface area contributed by atoms with Crippen LogP contribution in [0.25, 0.3) is 6.08 Å². The van der Waals surface area contributed by atoms with E-state index in [-0.39, 0.29) is 35.7 Å². The van der Waals surface area contributed by atoms with Gasteiger partial charge in [0.25, 0.3) is 0 Å². The summed E-state index contributed by atoms with van der Waals surface area (Å²) in [4.78, 5) is 30.5. The van der Waals surface area contributed by atoms with E-state index in [1.165, 1.54) is 0 Å². The summed E-state index contributed by atoms with van der Waals surface area (Å²) in [5.41, 5.74) is 7.23. The number of carbonyl (C=O) groups excluding carboxylic acids is 2. The molecule has 27 heavy (non-hydrogen) atoms. The number of fused-ring (bicyclic) bond motifs is 2. The van der Waals surface area contributed by atoms with Gasteiger partial charge in [0.1, 0.15) is 6.10 Å². The van der Waals surface area contributed by atoms with E-state index in [0.29, 0.717) is 17.5 Å². The number of carbonyl (C=O) groups is 2. The van der Waals surface area contributed by atoms with Crippen molar-refractivity contribution in [2.24, 2.45) is 29.6 Å². The topological polar surface area (TPSA) is 85.5 Å². The third-order valence-corrected chi connectivity index (χ3v) is 6.64. The standard InChI is InChI=1S/C21H27N3O3/c1-12-20-18(6-5-16-4-3-15(22)10-23-16)17-7-8-24(13(2)25)11-14(17)9-19(20)21(26)27-12/h3-6,10,12,14,17-20H,7-9,11,22H2,1-2H3/b6-5+/t12-,14-,17-,18+,19-,20+/m1/s1. The molecule has 2 aliphatic heterocycles. The third-order valence-electron chi connectivity index (χ3n) is 6.64. The van der Waals surface area contributed by atoms with Gasteiger partial charge in [-0.05, 0) is 55.7 Å². The smallest absolute Gasteiger partial charge is 0.309 e. The molecule has 3 fully saturated rings. The molecule has 144 valence electrons. The number of cyclic esters (lactones) is 1. The van der Waals surface area contributed by atoms with Gasteiger partial charge >= 0.3 is 5.97 Å². The summed E-state index contributed by atoms with van der Waals surface area (Å²) < 4.78 is 5.60. The number of aromatic nitrogens is 1. The summed E-state index contributed by atoms with van der Waals surface area (Å²) in [6.07, 6.45) is 7.64. The summed E-state index contributed by atoms with van der Waals surface area (Å²) in [6, 6.07) is 3.75. The van der Waals surface area contributed by atoms with E-state index in [1.54, 1.807) is 13.1 Å². The summed E-state index contributed by atoms with van der Waals surface area (Å²) in [6.45, 7) is 5.18. The van der Waals surface area contributed by atoms with Crippen LogP contribution in [0, 0.1) is 29.6 Å². The second-order valence-corrected chi connectivity index (χ2v) is 8.19. The van der Waals surface area contributed by atoms with Crippen molar-refractivity contribution in [2.75, 3.05) is 18.8 Å². The Morgan fingerprint density at radius 1 is 1.41 bits per heavy atom. The lowest BCUT2D eigenvalue weighted by Crippen LogP contribution is -2.51. The van der Waals surface area contributed by atoms with Gasteiger partial charge in [-0.3, -0.25) is 14.6 Å². The molecule has 2 saturated heterocycles. The average molecular weight is 369 g/mol. The molecule has 6 atom stereocenters. The molecule has 6 heteroatoms. The van der Waals surface area contributed by atoms with Crippen LogP contribution in [0.3, 0.4) is 0 Å². The lowest BCUT2D eigenvalue weighted by molar-refractivity contribution is -0.144. The number of rotatable bonds is 2. The summed E-state index contributed by atoms with van der Waals surface area (Å²) in [5.74, 6) is 1.24. The van der Waals surface area contributed by atoms with E-state index < -0.39 is 0 Å². The van der Waals surface area contributed by atoms with Crippen LogP contribution in [0.2, 0.25) is 0 Å². The first-order chi connectivity index (χ1) is 12.9. The van der Waals surface area contributed by atoms with E-state index in [1.807, 2.05) is 30.0 Å². The fourth-order valence-electron chi connectivity index (χ4n) is 5.37. The van der Waals surface area contributed by atoms with Crippen LogP contribution in [0.5, 0.6) is 0 Å². The minimum absolute atomic E-state index is 0.0664. The molecule has 1 amide bonds. The number of ether oxygens (including phenoxy) is 1. The van der Waals surface area contributed by atoms with Gasteiger partial charge in [-0.1, -0.05) is 6.08 Å². The number of pyridine rings is 1. The second kappa shape index (κ2) is 6.98. The minimum atomic E-state index is -0.0742. The van der Waals surface area contributed by atoms with E-state index in [9.17, 15) is 9.59 Å². The number of likely N-dealkylation sites (tertiary alicyclic amines) is 1. The predicted octanol–water partition coefficient (Wildman–Crippen LogP) is 2.36. The molecule has 0 radical (unpaired) electrons. The highest BCUT2D eigenvalue weighted by Crippen LogP contribution is 2.51. The van der Waals surface area contributed by atoms with E-state index in [2.05, 4.69) is 11.1 Å². The molecule has 0 bridgehead atoms. The van der Waals surface area contributed by atoms with Gasteiger partial charge in [-0.25, -0.2) is 0 Å². The number of nitrogens with two attached hydrogens (primary N) is 1. The Bertz CT molecular complexity index is 760. The van der Waals surface area contributed by atoms with Crippen LogP contribution in [-0.2, 0) is 14.3 Å². The lowest BCUT2D eigenvalue weighted by atomic mass is 9.59. The fraction of sp³-hybridized carbons (Fsp3) is 0.571. The summed E-state index contributed by atoms with van der Waals surface area (Å²) >= 11 is 0. The van der Waals surface area contributed by atoms with Gasteiger partial charge in [0.15, 0.2) is 0 Å². The maximum Gasteiger partial charge on any atom is 0.309 e. The van der Waals surface area contributed by atoms with Crippen molar-refractivity contribution in [3.63, 3.8) is 0 Å². The minimum Gasteiger partial charge on any atom is -0.462 e. The molecule has 1 saturated carbocycles. The molecule has 2 N–H and O–H groups in total. The molecule has 1 aromatic heterocycles. The van der Waals surface area contributed by atoms with Crippen LogP contribution in [-0.4, -0.2) is 41.0 Å². The van der Waals surface area contributed by atoms with Gasteiger partial charge in [0.2, 0.25) is 5.91 Å². The zero-order valence-corrected chi connectivity index (χ0v) is 15.9. The molecular weight excluding hydrogens is 342 g/mol. The summed E-state index contributed by atoms with van der Waals surface area (Å²) in [5, 5.41) is 0. The van der Waals surface area contributed by atoms with Gasteiger partial charge in [0.05, 0.1) is 23.5 Å². The van der Waals surface area contributed by atoms with Crippen molar-refractivity contribution in [1.29, 1.82) is 0 Å². The van der Waals surface area contributed by atoms with Gasteiger partial charge < -0.3 is 15.4 Å². The normalized spacial score (nSPS) is 35.6. The maximum absolute atomic E-state index is 12.4. The van der Waals surface area contributed by atoms with Crippen molar-refractivity contribution in [3.8, 4) is 0 Å². The Balaban J connectivity index is 1.62. The number of nitrogens with zero attached hydrogens (tertiary/aromatic N) is 2. The predicted molar refractivity (Wildman–Crippen MR) is 102 cm³/mol. The Kier molecular flexibility index (Phi) is 4.66. The van der Waals surface area contributed by atoms with Gasteiger partial charge in [-0.15, -0.1) is 0 Å². The molecule has 4 rings (SSSR count). The van der Waals surface area contributed by atoms with E-state index in [0.717, 1.165) is 31.6 Å². The Morgan fingerprint density at radius 3 is 2.93 bits per heavy atom. The molecular formula is C21H27N3O3. The van der Waals surface area contributed by atoms with Crippen molar-refractivity contribution in [1.82, 2.24) is 9.88 Å². The number of amides is 1. The van der Waals surface area contributed by atoms with Crippen LogP contribution < -0.4 is 5.73 Å². The van der Waals surface area contributed by atoms with Gasteiger partial charge in [0, 0.05) is 25.9 Å². The Hall–Kier alpha value is -2.37. The monoisotopic (exact) mass is 369 g/mol. The first-order valence-corrected chi connectivity index (χ1v) is 9.80. The highest BCUT2D eigenvalue weighted by atomic mass is 16.6. The first kappa shape index (κ1) is 18.0. The fourth-order valence-corrected chi connectivity index (χ4v) is 5.37. The van der Waals surface area contributed by atoms with E-state index >= 15 is 0 Å². The summed E-state index contributed by atoms with van der Waals surface area (Å²) in [7, 11) is 0. The van der Waals surface area contributed by atoms with Crippen LogP contribution in [0.4, 0.5) is 5.69 Å².